The molecule has 0 aromatic heterocycles. The van der Waals surface area contributed by atoms with Crippen molar-refractivity contribution < 1.29 is 22.7 Å². The summed E-state index contributed by atoms with van der Waals surface area (Å²) in [7, 11) is -0.699. The summed E-state index contributed by atoms with van der Waals surface area (Å²) in [5.74, 6) is 0.961. The van der Waals surface area contributed by atoms with Gasteiger partial charge in [-0.2, -0.15) is 4.72 Å². The predicted octanol–water partition coefficient (Wildman–Crippen LogP) is 2.36. The highest BCUT2D eigenvalue weighted by molar-refractivity contribution is 7.89. The molecule has 1 atom stereocenters. The highest BCUT2D eigenvalue weighted by Crippen LogP contribution is 2.22. The summed E-state index contributed by atoms with van der Waals surface area (Å²) < 4.78 is 38.7. The summed E-state index contributed by atoms with van der Waals surface area (Å²) in [6, 6.07) is 13.1. The van der Waals surface area contributed by atoms with Crippen molar-refractivity contribution >= 4 is 21.6 Å². The van der Waals surface area contributed by atoms with E-state index in [0.717, 1.165) is 11.4 Å². The Morgan fingerprint density at radius 2 is 1.38 bits per heavy atom. The number of piperazine rings is 1. The van der Waals surface area contributed by atoms with Crippen LogP contribution in [0.4, 0.5) is 5.69 Å². The number of carbonyl (C=O) groups excluding carboxylic acids is 1. The number of sulfonamides is 1. The quantitative estimate of drug-likeness (QED) is 0.649. The number of carbonyl (C=O) groups is 1. The van der Waals surface area contributed by atoms with Gasteiger partial charge < -0.3 is 19.3 Å². The Hall–Kier alpha value is -2.78. The molecule has 1 fully saturated rings. The van der Waals surface area contributed by atoms with Crippen LogP contribution >= 0.6 is 0 Å². The Balaban J connectivity index is 1.65. The lowest BCUT2D eigenvalue weighted by atomic mass is 10.0. The topological polar surface area (TPSA) is 88.2 Å². The Kier molecular flexibility index (Phi) is 7.63. The second kappa shape index (κ2) is 10.2. The van der Waals surface area contributed by atoms with Crippen LogP contribution in [0.25, 0.3) is 0 Å². The molecule has 1 aliphatic heterocycles. The molecule has 0 unspecified atom stereocenters. The molecule has 1 heterocycles. The van der Waals surface area contributed by atoms with Gasteiger partial charge in [0.2, 0.25) is 15.9 Å². The number of rotatable bonds is 8. The fourth-order valence-electron chi connectivity index (χ4n) is 3.64. The summed E-state index contributed by atoms with van der Waals surface area (Å²) in [5, 5.41) is 0. The van der Waals surface area contributed by atoms with E-state index in [2.05, 4.69) is 9.62 Å². The van der Waals surface area contributed by atoms with Crippen LogP contribution < -0.4 is 19.1 Å². The maximum absolute atomic E-state index is 13.2. The zero-order valence-electron chi connectivity index (χ0n) is 18.9. The first kappa shape index (κ1) is 23.9. The Morgan fingerprint density at radius 1 is 0.875 bits per heavy atom. The van der Waals surface area contributed by atoms with E-state index in [1.165, 1.54) is 19.2 Å². The first-order valence-electron chi connectivity index (χ1n) is 10.6. The molecule has 0 radical (unpaired) electrons. The molecule has 2 aromatic rings. The van der Waals surface area contributed by atoms with E-state index in [1.54, 1.807) is 24.1 Å². The number of anilines is 1. The second-order valence-electron chi connectivity index (χ2n) is 8.03. The van der Waals surface area contributed by atoms with E-state index >= 15 is 0 Å². The molecule has 1 N–H and O–H groups in total. The molecule has 2 aromatic carbocycles. The van der Waals surface area contributed by atoms with E-state index in [1.807, 2.05) is 38.1 Å². The number of nitrogens with one attached hydrogen (secondary N) is 1. The van der Waals surface area contributed by atoms with Crippen LogP contribution in [-0.2, 0) is 14.8 Å². The van der Waals surface area contributed by atoms with Gasteiger partial charge in [-0.3, -0.25) is 4.79 Å². The molecule has 0 spiro atoms. The predicted molar refractivity (Wildman–Crippen MR) is 124 cm³/mol. The van der Waals surface area contributed by atoms with Crippen LogP contribution in [0.5, 0.6) is 11.5 Å². The van der Waals surface area contributed by atoms with Gasteiger partial charge in [-0.1, -0.05) is 13.8 Å². The van der Waals surface area contributed by atoms with Gasteiger partial charge >= 0.3 is 0 Å². The molecule has 1 aliphatic rings. The molecule has 174 valence electrons. The first-order chi connectivity index (χ1) is 15.2. The van der Waals surface area contributed by atoms with E-state index in [4.69, 9.17) is 9.47 Å². The fraction of sp³-hybridized carbons (Fsp3) is 0.435. The molecular weight excluding hydrogens is 430 g/mol. The van der Waals surface area contributed by atoms with Crippen molar-refractivity contribution in [2.75, 3.05) is 45.3 Å². The van der Waals surface area contributed by atoms with E-state index < -0.39 is 16.1 Å². The van der Waals surface area contributed by atoms with Gasteiger partial charge in [0.1, 0.15) is 17.5 Å². The van der Waals surface area contributed by atoms with Crippen LogP contribution in [0.1, 0.15) is 13.8 Å². The van der Waals surface area contributed by atoms with Crippen molar-refractivity contribution in [1.82, 2.24) is 9.62 Å². The van der Waals surface area contributed by atoms with Gasteiger partial charge in [0.05, 0.1) is 19.1 Å². The van der Waals surface area contributed by atoms with Gasteiger partial charge in [0.25, 0.3) is 0 Å². The Labute approximate surface area is 190 Å². The normalized spacial score (nSPS) is 15.5. The summed E-state index contributed by atoms with van der Waals surface area (Å²) in [6.07, 6.45) is 0. The van der Waals surface area contributed by atoms with E-state index in [-0.39, 0.29) is 16.7 Å². The van der Waals surface area contributed by atoms with Crippen molar-refractivity contribution in [3.63, 3.8) is 0 Å². The fourth-order valence-corrected chi connectivity index (χ4v) is 4.97. The summed E-state index contributed by atoms with van der Waals surface area (Å²) in [5.41, 5.74) is 1.07. The Morgan fingerprint density at radius 3 is 1.84 bits per heavy atom. The minimum absolute atomic E-state index is 0.0982. The molecule has 0 bridgehead atoms. The lowest BCUT2D eigenvalue weighted by Gasteiger charge is -2.38. The summed E-state index contributed by atoms with van der Waals surface area (Å²) >= 11 is 0. The number of ether oxygens (including phenoxy) is 2. The first-order valence-corrected chi connectivity index (χ1v) is 12.1. The standard InChI is InChI=1S/C23H31N3O5S/c1-17(2)22(24-32(28,29)21-11-9-20(31-4)10-12-21)23(27)26-15-13-25(14-16-26)18-5-7-19(30-3)8-6-18/h5-12,17,22,24H,13-16H2,1-4H3/t22-/m0/s1. The van der Waals surface area contributed by atoms with Crippen molar-refractivity contribution in [3.8, 4) is 11.5 Å². The van der Waals surface area contributed by atoms with Crippen LogP contribution in [0.3, 0.4) is 0 Å². The van der Waals surface area contributed by atoms with Crippen molar-refractivity contribution in [2.45, 2.75) is 24.8 Å². The number of nitrogens with zero attached hydrogens (tertiary/aromatic N) is 2. The third-order valence-corrected chi connectivity index (χ3v) is 7.07. The van der Waals surface area contributed by atoms with Crippen molar-refractivity contribution in [2.24, 2.45) is 5.92 Å². The van der Waals surface area contributed by atoms with E-state index in [9.17, 15) is 13.2 Å². The van der Waals surface area contributed by atoms with Crippen LogP contribution in [0, 0.1) is 5.92 Å². The van der Waals surface area contributed by atoms with Gasteiger partial charge in [-0.15, -0.1) is 0 Å². The molecule has 0 aliphatic carbocycles. The summed E-state index contributed by atoms with van der Waals surface area (Å²) in [4.78, 5) is 17.3. The highest BCUT2D eigenvalue weighted by atomic mass is 32.2. The lowest BCUT2D eigenvalue weighted by Crippen LogP contribution is -2.56. The molecule has 3 rings (SSSR count). The third-order valence-electron chi connectivity index (χ3n) is 5.61. The monoisotopic (exact) mass is 461 g/mol. The average Bonchev–Trinajstić information content (AvgIpc) is 2.82. The van der Waals surface area contributed by atoms with Crippen molar-refractivity contribution in [3.05, 3.63) is 48.5 Å². The SMILES string of the molecule is COc1ccc(N2CCN(C(=O)[C@@H](NS(=O)(=O)c3ccc(OC)cc3)C(C)C)CC2)cc1. The molecule has 1 amide bonds. The molecular formula is C23H31N3O5S. The minimum atomic E-state index is -3.85. The van der Waals surface area contributed by atoms with Crippen LogP contribution in [0.2, 0.25) is 0 Å². The largest absolute Gasteiger partial charge is 0.497 e. The van der Waals surface area contributed by atoms with Gasteiger partial charge in [-0.05, 0) is 54.4 Å². The van der Waals surface area contributed by atoms with Crippen LogP contribution in [0.15, 0.2) is 53.4 Å². The number of methoxy groups -OCH3 is 2. The Bertz CT molecular complexity index is 999. The minimum Gasteiger partial charge on any atom is -0.497 e. The molecule has 8 nitrogen and oxygen atoms in total. The maximum atomic E-state index is 13.2. The number of hydrogen-bond acceptors (Lipinski definition) is 6. The lowest BCUT2D eigenvalue weighted by molar-refractivity contribution is -0.134. The zero-order chi connectivity index (χ0) is 23.3. The van der Waals surface area contributed by atoms with Gasteiger partial charge in [-0.25, -0.2) is 8.42 Å². The number of amides is 1. The smallest absolute Gasteiger partial charge is 0.241 e. The third kappa shape index (κ3) is 5.52. The summed E-state index contributed by atoms with van der Waals surface area (Å²) in [6.45, 7) is 6.08. The van der Waals surface area contributed by atoms with Crippen molar-refractivity contribution in [1.29, 1.82) is 0 Å². The van der Waals surface area contributed by atoms with Gasteiger partial charge in [0.15, 0.2) is 0 Å². The molecule has 1 saturated heterocycles. The second-order valence-corrected chi connectivity index (χ2v) is 9.74. The average molecular weight is 462 g/mol. The molecule has 32 heavy (non-hydrogen) atoms. The molecule has 0 saturated carbocycles. The highest BCUT2D eigenvalue weighted by Gasteiger charge is 2.33. The number of benzene rings is 2. The zero-order valence-corrected chi connectivity index (χ0v) is 19.8. The van der Waals surface area contributed by atoms with E-state index in [0.29, 0.717) is 31.9 Å². The van der Waals surface area contributed by atoms with Crippen LogP contribution in [-0.4, -0.2) is 65.7 Å². The maximum Gasteiger partial charge on any atom is 0.241 e. The number of hydrogen-bond donors (Lipinski definition) is 1. The van der Waals surface area contributed by atoms with Gasteiger partial charge in [0, 0.05) is 31.9 Å². The molecule has 9 heteroatoms.